The molecule has 2 heterocycles. The molecule has 6 nitrogen and oxygen atoms in total. The van der Waals surface area contributed by atoms with E-state index in [-0.39, 0.29) is 5.91 Å². The van der Waals surface area contributed by atoms with Crippen molar-refractivity contribution >= 4 is 11.7 Å². The Bertz CT molecular complexity index is 873. The number of pyridine rings is 1. The highest BCUT2D eigenvalue weighted by molar-refractivity contribution is 6.03. The van der Waals surface area contributed by atoms with Crippen LogP contribution in [0.2, 0.25) is 0 Å². The van der Waals surface area contributed by atoms with Crippen LogP contribution in [-0.2, 0) is 13.6 Å². The summed E-state index contributed by atoms with van der Waals surface area (Å²) in [5, 5.41) is 6.91. The second-order valence-electron chi connectivity index (χ2n) is 6.62. The maximum Gasteiger partial charge on any atom is 0.256 e. The van der Waals surface area contributed by atoms with Crippen LogP contribution in [0.4, 0.5) is 5.82 Å². The number of amides is 1. The Balaban J connectivity index is 1.64. The van der Waals surface area contributed by atoms with Crippen LogP contribution < -0.4 is 5.32 Å². The average molecular weight is 363 g/mol. The Labute approximate surface area is 159 Å². The number of carbonyl (C=O) groups excluding carboxylic acids is 1. The Morgan fingerprint density at radius 3 is 2.56 bits per heavy atom. The van der Waals surface area contributed by atoms with E-state index in [2.05, 4.69) is 40.3 Å². The summed E-state index contributed by atoms with van der Waals surface area (Å²) in [7, 11) is 3.91. The molecule has 0 unspecified atom stereocenters. The molecular weight excluding hydrogens is 338 g/mol. The van der Waals surface area contributed by atoms with Gasteiger partial charge in [-0.2, -0.15) is 5.10 Å². The molecule has 0 aliphatic rings. The van der Waals surface area contributed by atoms with Crippen molar-refractivity contribution in [1.82, 2.24) is 19.7 Å². The molecule has 0 saturated carbocycles. The van der Waals surface area contributed by atoms with E-state index in [1.54, 1.807) is 30.2 Å². The van der Waals surface area contributed by atoms with Crippen LogP contribution in [-0.4, -0.2) is 32.6 Å². The Morgan fingerprint density at radius 1 is 1.19 bits per heavy atom. The van der Waals surface area contributed by atoms with Gasteiger partial charge in [0.1, 0.15) is 5.82 Å². The molecule has 0 bridgehead atoms. The van der Waals surface area contributed by atoms with E-state index in [0.29, 0.717) is 17.4 Å². The monoisotopic (exact) mass is 363 g/mol. The van der Waals surface area contributed by atoms with Gasteiger partial charge in [0, 0.05) is 43.7 Å². The van der Waals surface area contributed by atoms with Gasteiger partial charge in [-0.05, 0) is 42.8 Å². The highest BCUT2D eigenvalue weighted by Crippen LogP contribution is 2.23. The number of carbonyl (C=O) groups is 1. The summed E-state index contributed by atoms with van der Waals surface area (Å²) in [6.45, 7) is 2.98. The molecule has 3 aromatic rings. The lowest BCUT2D eigenvalue weighted by Crippen LogP contribution is -2.24. The lowest BCUT2D eigenvalue weighted by molar-refractivity contribution is 0.102. The second kappa shape index (κ2) is 8.60. The molecule has 0 aliphatic carbocycles. The molecule has 1 N–H and O–H groups in total. The molecule has 0 spiro atoms. The van der Waals surface area contributed by atoms with Crippen LogP contribution in [0.5, 0.6) is 0 Å². The smallest absolute Gasteiger partial charge is 0.256 e. The first-order valence-electron chi connectivity index (χ1n) is 9.07. The van der Waals surface area contributed by atoms with Gasteiger partial charge in [0.25, 0.3) is 5.91 Å². The summed E-state index contributed by atoms with van der Waals surface area (Å²) in [6, 6.07) is 13.9. The summed E-state index contributed by atoms with van der Waals surface area (Å²) >= 11 is 0. The normalized spacial score (nSPS) is 12.1. The van der Waals surface area contributed by atoms with Crippen LogP contribution in [0.1, 0.15) is 40.9 Å². The average Bonchev–Trinajstić information content (AvgIpc) is 3.08. The van der Waals surface area contributed by atoms with E-state index >= 15 is 0 Å². The molecule has 1 atom stereocenters. The lowest BCUT2D eigenvalue weighted by atomic mass is 10.0. The maximum atomic E-state index is 12.4. The van der Waals surface area contributed by atoms with Crippen molar-refractivity contribution in [1.29, 1.82) is 0 Å². The summed E-state index contributed by atoms with van der Waals surface area (Å²) in [4.78, 5) is 18.9. The van der Waals surface area contributed by atoms with Gasteiger partial charge in [-0.3, -0.25) is 19.4 Å². The van der Waals surface area contributed by atoms with Crippen LogP contribution in [0.25, 0.3) is 0 Å². The fourth-order valence-corrected chi connectivity index (χ4v) is 3.22. The highest BCUT2D eigenvalue weighted by Gasteiger charge is 2.16. The molecule has 1 aromatic carbocycles. The third-order valence-corrected chi connectivity index (χ3v) is 4.70. The minimum atomic E-state index is -0.139. The highest BCUT2D eigenvalue weighted by atomic mass is 16.1. The lowest BCUT2D eigenvalue weighted by Gasteiger charge is -2.27. The Hall–Kier alpha value is -2.99. The Morgan fingerprint density at radius 2 is 1.96 bits per heavy atom. The zero-order valence-corrected chi connectivity index (χ0v) is 16.0. The third-order valence-electron chi connectivity index (χ3n) is 4.70. The van der Waals surface area contributed by atoms with E-state index < -0.39 is 0 Å². The molecule has 2 aromatic heterocycles. The minimum absolute atomic E-state index is 0.139. The van der Waals surface area contributed by atoms with Gasteiger partial charge >= 0.3 is 0 Å². The molecule has 0 fully saturated rings. The standard InChI is InChI=1S/C21H25N5O/c1-4-19(18-6-5-12-22-14-18)25(2)15-16-7-9-17(10-8-16)21(27)24-20-11-13-23-26(20)3/h5-14,19H,4,15H2,1-3H3,(H,24,27)/t19-/m1/s1. The van der Waals surface area contributed by atoms with Gasteiger partial charge < -0.3 is 5.32 Å². The van der Waals surface area contributed by atoms with Crippen LogP contribution in [0, 0.1) is 0 Å². The molecule has 0 saturated heterocycles. The van der Waals surface area contributed by atoms with Gasteiger partial charge in [0.2, 0.25) is 0 Å². The molecular formula is C21H25N5O. The number of hydrogen-bond acceptors (Lipinski definition) is 4. The second-order valence-corrected chi connectivity index (χ2v) is 6.62. The van der Waals surface area contributed by atoms with E-state index in [4.69, 9.17) is 0 Å². The number of aryl methyl sites for hydroxylation is 1. The van der Waals surface area contributed by atoms with Crippen molar-refractivity contribution in [3.8, 4) is 0 Å². The summed E-state index contributed by atoms with van der Waals surface area (Å²) in [6.07, 6.45) is 6.39. The summed E-state index contributed by atoms with van der Waals surface area (Å²) < 4.78 is 1.63. The first-order valence-corrected chi connectivity index (χ1v) is 9.07. The van der Waals surface area contributed by atoms with E-state index in [1.807, 2.05) is 36.5 Å². The quantitative estimate of drug-likeness (QED) is 0.696. The van der Waals surface area contributed by atoms with Gasteiger partial charge in [0.05, 0.1) is 6.20 Å². The molecule has 0 aliphatic heterocycles. The zero-order chi connectivity index (χ0) is 19.2. The summed E-state index contributed by atoms with van der Waals surface area (Å²) in [5.41, 5.74) is 3.01. The predicted molar refractivity (Wildman–Crippen MR) is 106 cm³/mol. The van der Waals surface area contributed by atoms with Gasteiger partial charge in [-0.1, -0.05) is 25.1 Å². The predicted octanol–water partition coefficient (Wildman–Crippen LogP) is 3.65. The minimum Gasteiger partial charge on any atom is -0.307 e. The van der Waals surface area contributed by atoms with Crippen molar-refractivity contribution in [3.63, 3.8) is 0 Å². The van der Waals surface area contributed by atoms with Crippen molar-refractivity contribution in [2.75, 3.05) is 12.4 Å². The molecule has 6 heteroatoms. The van der Waals surface area contributed by atoms with E-state index in [1.165, 1.54) is 5.56 Å². The molecule has 0 radical (unpaired) electrons. The van der Waals surface area contributed by atoms with Gasteiger partial charge in [-0.15, -0.1) is 0 Å². The molecule has 140 valence electrons. The largest absolute Gasteiger partial charge is 0.307 e. The molecule has 3 rings (SSSR count). The molecule has 27 heavy (non-hydrogen) atoms. The van der Waals surface area contributed by atoms with Crippen molar-refractivity contribution < 1.29 is 4.79 Å². The number of aromatic nitrogens is 3. The zero-order valence-electron chi connectivity index (χ0n) is 16.0. The van der Waals surface area contributed by atoms with Gasteiger partial charge in [0.15, 0.2) is 0 Å². The van der Waals surface area contributed by atoms with Crippen molar-refractivity contribution in [3.05, 3.63) is 77.7 Å². The Kier molecular flexibility index (Phi) is 5.98. The maximum absolute atomic E-state index is 12.4. The van der Waals surface area contributed by atoms with Crippen molar-refractivity contribution in [2.45, 2.75) is 25.9 Å². The summed E-state index contributed by atoms with van der Waals surface area (Å²) in [5.74, 6) is 0.534. The first kappa shape index (κ1) is 18.8. The fourth-order valence-electron chi connectivity index (χ4n) is 3.22. The van der Waals surface area contributed by atoms with Crippen molar-refractivity contribution in [2.24, 2.45) is 7.05 Å². The number of rotatable bonds is 7. The molecule has 1 amide bonds. The number of hydrogen-bond donors (Lipinski definition) is 1. The number of nitrogens with zero attached hydrogens (tertiary/aromatic N) is 4. The van der Waals surface area contributed by atoms with E-state index in [9.17, 15) is 4.79 Å². The van der Waals surface area contributed by atoms with Crippen LogP contribution >= 0.6 is 0 Å². The first-order chi connectivity index (χ1) is 13.1. The van der Waals surface area contributed by atoms with Gasteiger partial charge in [-0.25, -0.2) is 0 Å². The van der Waals surface area contributed by atoms with Crippen LogP contribution in [0.3, 0.4) is 0 Å². The third kappa shape index (κ3) is 4.60. The fraction of sp³-hybridized carbons (Fsp3) is 0.286. The topological polar surface area (TPSA) is 63.1 Å². The number of anilines is 1. The van der Waals surface area contributed by atoms with Crippen LogP contribution in [0.15, 0.2) is 61.1 Å². The number of benzene rings is 1. The van der Waals surface area contributed by atoms with E-state index in [0.717, 1.165) is 18.5 Å². The SMILES string of the molecule is CC[C@H](c1cccnc1)N(C)Cc1ccc(C(=O)Nc2ccnn2C)cc1. The number of nitrogens with one attached hydrogen (secondary N) is 1.